The van der Waals surface area contributed by atoms with Gasteiger partial charge in [-0.25, -0.2) is 4.98 Å². The van der Waals surface area contributed by atoms with Crippen LogP contribution in [0, 0.1) is 27.7 Å². The van der Waals surface area contributed by atoms with Crippen molar-refractivity contribution in [2.45, 2.75) is 60.5 Å². The molecule has 1 aromatic carbocycles. The largest absolute Gasteiger partial charge is 0.490 e. The lowest BCUT2D eigenvalue weighted by Crippen LogP contribution is -2.14. The molecule has 0 aliphatic heterocycles. The molecule has 0 unspecified atom stereocenters. The quantitative estimate of drug-likeness (QED) is 0.751. The van der Waals surface area contributed by atoms with E-state index < -0.39 is 0 Å². The molecule has 0 aliphatic carbocycles. The van der Waals surface area contributed by atoms with Crippen LogP contribution in [0.15, 0.2) is 24.3 Å². The SMILES string of the molecule is CCC(CC)Oc1cc(C)nc(Nc2c(C)cc(C)cc2C)c1. The van der Waals surface area contributed by atoms with Gasteiger partial charge in [0.15, 0.2) is 0 Å². The van der Waals surface area contributed by atoms with E-state index in [0.29, 0.717) is 0 Å². The summed E-state index contributed by atoms with van der Waals surface area (Å²) in [5, 5.41) is 3.47. The van der Waals surface area contributed by atoms with Gasteiger partial charge in [0.2, 0.25) is 0 Å². The Kier molecular flexibility index (Phi) is 5.64. The van der Waals surface area contributed by atoms with Crippen molar-refractivity contribution >= 4 is 11.5 Å². The van der Waals surface area contributed by atoms with E-state index in [4.69, 9.17) is 4.74 Å². The maximum absolute atomic E-state index is 6.07. The second kappa shape index (κ2) is 7.49. The van der Waals surface area contributed by atoms with Gasteiger partial charge in [-0.05, 0) is 51.7 Å². The molecule has 0 saturated heterocycles. The molecule has 1 N–H and O–H groups in total. The van der Waals surface area contributed by atoms with Gasteiger partial charge >= 0.3 is 0 Å². The van der Waals surface area contributed by atoms with E-state index in [0.717, 1.165) is 35.8 Å². The molecule has 124 valence electrons. The fourth-order valence-corrected chi connectivity index (χ4v) is 2.92. The molecule has 0 atom stereocenters. The maximum Gasteiger partial charge on any atom is 0.134 e. The number of aryl methyl sites for hydroxylation is 4. The van der Waals surface area contributed by atoms with Crippen LogP contribution in [0.5, 0.6) is 5.75 Å². The minimum absolute atomic E-state index is 0.257. The number of benzene rings is 1. The van der Waals surface area contributed by atoms with E-state index in [1.165, 1.54) is 16.7 Å². The molecule has 2 aromatic rings. The van der Waals surface area contributed by atoms with Crippen LogP contribution in [-0.4, -0.2) is 11.1 Å². The standard InChI is InChI=1S/C20H28N2O/c1-7-17(8-2)23-18-11-16(6)21-19(12-18)22-20-14(4)9-13(3)10-15(20)5/h9-12,17H,7-8H2,1-6H3,(H,21,22). The van der Waals surface area contributed by atoms with Crippen molar-refractivity contribution in [3.63, 3.8) is 0 Å². The Morgan fingerprint density at radius 1 is 0.957 bits per heavy atom. The fourth-order valence-electron chi connectivity index (χ4n) is 2.92. The van der Waals surface area contributed by atoms with Crippen LogP contribution < -0.4 is 10.1 Å². The van der Waals surface area contributed by atoms with Crippen molar-refractivity contribution in [1.82, 2.24) is 4.98 Å². The molecular weight excluding hydrogens is 284 g/mol. The number of hydrogen-bond acceptors (Lipinski definition) is 3. The first-order valence-electron chi connectivity index (χ1n) is 8.43. The highest BCUT2D eigenvalue weighted by atomic mass is 16.5. The van der Waals surface area contributed by atoms with Gasteiger partial charge in [0.1, 0.15) is 11.6 Å². The summed E-state index contributed by atoms with van der Waals surface area (Å²) in [5.74, 6) is 1.72. The minimum Gasteiger partial charge on any atom is -0.490 e. The van der Waals surface area contributed by atoms with E-state index in [2.05, 4.69) is 57.1 Å². The molecule has 0 bridgehead atoms. The molecule has 23 heavy (non-hydrogen) atoms. The van der Waals surface area contributed by atoms with Gasteiger partial charge in [-0.2, -0.15) is 0 Å². The monoisotopic (exact) mass is 312 g/mol. The minimum atomic E-state index is 0.257. The summed E-state index contributed by atoms with van der Waals surface area (Å²) in [7, 11) is 0. The number of nitrogens with one attached hydrogen (secondary N) is 1. The van der Waals surface area contributed by atoms with Gasteiger partial charge in [0, 0.05) is 23.5 Å². The van der Waals surface area contributed by atoms with E-state index >= 15 is 0 Å². The number of hydrogen-bond donors (Lipinski definition) is 1. The highest BCUT2D eigenvalue weighted by Crippen LogP contribution is 2.27. The first-order valence-corrected chi connectivity index (χ1v) is 8.43. The van der Waals surface area contributed by atoms with Crippen LogP contribution in [0.2, 0.25) is 0 Å². The third kappa shape index (κ3) is 4.47. The van der Waals surface area contributed by atoms with Gasteiger partial charge in [-0.3, -0.25) is 0 Å². The Labute approximate surface area is 140 Å². The molecule has 2 rings (SSSR count). The van der Waals surface area contributed by atoms with Gasteiger partial charge in [0.25, 0.3) is 0 Å². The van der Waals surface area contributed by atoms with Crippen molar-refractivity contribution in [2.24, 2.45) is 0 Å². The molecule has 0 fully saturated rings. The number of anilines is 2. The number of pyridine rings is 1. The number of aromatic nitrogens is 1. The Hall–Kier alpha value is -2.03. The summed E-state index contributed by atoms with van der Waals surface area (Å²) in [6.45, 7) is 12.7. The van der Waals surface area contributed by atoms with E-state index in [1.807, 2.05) is 19.1 Å². The first-order chi connectivity index (χ1) is 10.9. The van der Waals surface area contributed by atoms with E-state index in [-0.39, 0.29) is 6.10 Å². The predicted octanol–water partition coefficient (Wildman–Crippen LogP) is 5.63. The smallest absolute Gasteiger partial charge is 0.134 e. The van der Waals surface area contributed by atoms with E-state index in [9.17, 15) is 0 Å². The van der Waals surface area contributed by atoms with Crippen molar-refractivity contribution in [3.8, 4) is 5.75 Å². The molecule has 0 amide bonds. The molecular formula is C20H28N2O. The fraction of sp³-hybridized carbons (Fsp3) is 0.450. The highest BCUT2D eigenvalue weighted by Gasteiger charge is 2.10. The van der Waals surface area contributed by atoms with Crippen LogP contribution in [-0.2, 0) is 0 Å². The lowest BCUT2D eigenvalue weighted by atomic mass is 10.1. The zero-order valence-electron chi connectivity index (χ0n) is 15.2. The summed E-state index contributed by atoms with van der Waals surface area (Å²) in [6, 6.07) is 8.36. The Bertz CT molecular complexity index is 652. The number of nitrogens with zero attached hydrogens (tertiary/aromatic N) is 1. The maximum atomic E-state index is 6.07. The lowest BCUT2D eigenvalue weighted by molar-refractivity contribution is 0.192. The van der Waals surface area contributed by atoms with Gasteiger partial charge in [-0.15, -0.1) is 0 Å². The van der Waals surface area contributed by atoms with Crippen molar-refractivity contribution < 1.29 is 4.74 Å². The molecule has 0 aliphatic rings. The third-order valence-electron chi connectivity index (χ3n) is 4.07. The second-order valence-electron chi connectivity index (χ2n) is 6.28. The van der Waals surface area contributed by atoms with Crippen LogP contribution in [0.25, 0.3) is 0 Å². The van der Waals surface area contributed by atoms with Gasteiger partial charge < -0.3 is 10.1 Å². The van der Waals surface area contributed by atoms with Gasteiger partial charge in [0.05, 0.1) is 6.10 Å². The molecule has 0 saturated carbocycles. The normalized spacial score (nSPS) is 10.9. The number of ether oxygens (including phenoxy) is 1. The zero-order valence-corrected chi connectivity index (χ0v) is 15.2. The Morgan fingerprint density at radius 3 is 2.13 bits per heavy atom. The average molecular weight is 312 g/mol. The number of rotatable bonds is 6. The lowest BCUT2D eigenvalue weighted by Gasteiger charge is -2.18. The summed E-state index contributed by atoms with van der Waals surface area (Å²) in [6.07, 6.45) is 2.28. The molecule has 1 heterocycles. The molecule has 3 nitrogen and oxygen atoms in total. The highest BCUT2D eigenvalue weighted by molar-refractivity contribution is 5.66. The summed E-state index contributed by atoms with van der Waals surface area (Å²) in [5.41, 5.74) is 5.82. The third-order valence-corrected chi connectivity index (χ3v) is 4.07. The molecule has 3 heteroatoms. The summed E-state index contributed by atoms with van der Waals surface area (Å²) < 4.78 is 6.07. The first kappa shape index (κ1) is 17.3. The van der Waals surface area contributed by atoms with Gasteiger partial charge in [-0.1, -0.05) is 31.5 Å². The molecule has 0 spiro atoms. The summed E-state index contributed by atoms with van der Waals surface area (Å²) >= 11 is 0. The van der Waals surface area contributed by atoms with Crippen LogP contribution in [0.1, 0.15) is 49.1 Å². The van der Waals surface area contributed by atoms with Crippen LogP contribution in [0.3, 0.4) is 0 Å². The Balaban J connectivity index is 2.29. The van der Waals surface area contributed by atoms with Crippen LogP contribution >= 0.6 is 0 Å². The topological polar surface area (TPSA) is 34.1 Å². The van der Waals surface area contributed by atoms with E-state index in [1.54, 1.807) is 0 Å². The average Bonchev–Trinajstić information content (AvgIpc) is 2.48. The second-order valence-corrected chi connectivity index (χ2v) is 6.28. The van der Waals surface area contributed by atoms with Crippen molar-refractivity contribution in [3.05, 3.63) is 46.6 Å². The Morgan fingerprint density at radius 2 is 1.57 bits per heavy atom. The van der Waals surface area contributed by atoms with Crippen molar-refractivity contribution in [2.75, 3.05) is 5.32 Å². The summed E-state index contributed by atoms with van der Waals surface area (Å²) in [4.78, 5) is 4.60. The molecule has 1 aromatic heterocycles. The van der Waals surface area contributed by atoms with Crippen LogP contribution in [0.4, 0.5) is 11.5 Å². The molecule has 0 radical (unpaired) electrons. The zero-order chi connectivity index (χ0) is 17.0. The predicted molar refractivity (Wildman–Crippen MR) is 97.9 cm³/mol. The van der Waals surface area contributed by atoms with Crippen molar-refractivity contribution in [1.29, 1.82) is 0 Å².